The maximum Gasteiger partial charge on any atom is 0.435 e. The van der Waals surface area contributed by atoms with Gasteiger partial charge in [-0.15, -0.1) is 10.2 Å². The molecule has 0 radical (unpaired) electrons. The second-order valence-electron chi connectivity index (χ2n) is 7.51. The van der Waals surface area contributed by atoms with Crippen LogP contribution in [-0.4, -0.2) is 28.7 Å². The van der Waals surface area contributed by atoms with Crippen LogP contribution in [0, 0.1) is 17.5 Å². The summed E-state index contributed by atoms with van der Waals surface area (Å²) in [5.74, 6) is -2.82. The molecule has 0 saturated heterocycles. The van der Waals surface area contributed by atoms with Crippen LogP contribution in [-0.2, 0) is 12.7 Å². The third-order valence-corrected chi connectivity index (χ3v) is 5.46. The number of hydrogen-bond donors (Lipinski definition) is 0. The first kappa shape index (κ1) is 21.3. The van der Waals surface area contributed by atoms with Crippen molar-refractivity contribution in [2.24, 2.45) is 0 Å². The number of hydrogen-bond acceptors (Lipinski definition) is 3. The SMILES string of the molecule is CN1CCC(c2c(F)cccc2F)c2ccc(-c3ccc(C(F)(F)F)nn3)c(F)c2C1. The second kappa shape index (κ2) is 7.96. The molecular formula is C22H17F6N3. The minimum atomic E-state index is -4.66. The Hall–Kier alpha value is -2.94. The largest absolute Gasteiger partial charge is 0.435 e. The van der Waals surface area contributed by atoms with E-state index in [4.69, 9.17) is 0 Å². The van der Waals surface area contributed by atoms with Crippen LogP contribution in [0.3, 0.4) is 0 Å². The van der Waals surface area contributed by atoms with E-state index in [1.54, 1.807) is 13.1 Å². The van der Waals surface area contributed by atoms with E-state index in [-0.39, 0.29) is 28.9 Å². The van der Waals surface area contributed by atoms with E-state index >= 15 is 4.39 Å². The van der Waals surface area contributed by atoms with Crippen molar-refractivity contribution in [3.8, 4) is 11.3 Å². The number of nitrogens with zero attached hydrogens (tertiary/aromatic N) is 3. The minimum Gasteiger partial charge on any atom is -0.302 e. The highest BCUT2D eigenvalue weighted by Crippen LogP contribution is 2.39. The van der Waals surface area contributed by atoms with E-state index in [1.807, 2.05) is 4.90 Å². The van der Waals surface area contributed by atoms with Crippen LogP contribution in [0.2, 0.25) is 0 Å². The highest BCUT2D eigenvalue weighted by atomic mass is 19.4. The first-order chi connectivity index (χ1) is 14.7. The first-order valence-corrected chi connectivity index (χ1v) is 9.52. The standard InChI is InChI=1S/C22H17F6N3/c1-31-10-9-13(20-16(23)3-2-4-17(20)24)12-5-6-14(21(25)15(12)11-31)18-7-8-19(30-29-18)22(26,27)28/h2-8,13H,9-11H2,1H3. The van der Waals surface area contributed by atoms with Gasteiger partial charge in [-0.25, -0.2) is 13.2 Å². The number of benzene rings is 2. The molecule has 1 unspecified atom stereocenters. The Kier molecular flexibility index (Phi) is 5.47. The Morgan fingerprint density at radius 3 is 2.26 bits per heavy atom. The lowest BCUT2D eigenvalue weighted by molar-refractivity contribution is -0.141. The molecule has 2 aromatic carbocycles. The van der Waals surface area contributed by atoms with Crippen molar-refractivity contribution >= 4 is 0 Å². The molecule has 1 aromatic heterocycles. The summed E-state index contributed by atoms with van der Waals surface area (Å²) in [6, 6.07) is 8.30. The average molecular weight is 437 g/mol. The summed E-state index contributed by atoms with van der Waals surface area (Å²) in [4.78, 5) is 1.82. The number of alkyl halides is 3. The van der Waals surface area contributed by atoms with Crippen LogP contribution in [0.5, 0.6) is 0 Å². The van der Waals surface area contributed by atoms with Crippen molar-refractivity contribution in [3.63, 3.8) is 0 Å². The lowest BCUT2D eigenvalue weighted by Gasteiger charge is -2.20. The van der Waals surface area contributed by atoms with Gasteiger partial charge < -0.3 is 4.90 Å². The Bertz CT molecular complexity index is 1090. The molecule has 9 heteroatoms. The number of halogens is 6. The van der Waals surface area contributed by atoms with Gasteiger partial charge in [-0.2, -0.15) is 13.2 Å². The van der Waals surface area contributed by atoms with Gasteiger partial charge in [0.1, 0.15) is 17.5 Å². The van der Waals surface area contributed by atoms with E-state index < -0.39 is 35.2 Å². The maximum atomic E-state index is 15.5. The lowest BCUT2D eigenvalue weighted by atomic mass is 9.85. The van der Waals surface area contributed by atoms with Crippen LogP contribution in [0.25, 0.3) is 11.3 Å². The average Bonchev–Trinajstić information content (AvgIpc) is 2.87. The van der Waals surface area contributed by atoms with Gasteiger partial charge in [0.05, 0.1) is 5.69 Å². The van der Waals surface area contributed by atoms with Crippen molar-refractivity contribution < 1.29 is 26.3 Å². The normalized spacial score (nSPS) is 17.3. The molecule has 3 nitrogen and oxygen atoms in total. The molecule has 3 aromatic rings. The highest BCUT2D eigenvalue weighted by Gasteiger charge is 2.33. The zero-order chi connectivity index (χ0) is 22.3. The number of fused-ring (bicyclic) bond motifs is 1. The van der Waals surface area contributed by atoms with Crippen molar-refractivity contribution in [1.82, 2.24) is 15.1 Å². The smallest absolute Gasteiger partial charge is 0.302 e. The third kappa shape index (κ3) is 4.01. The summed E-state index contributed by atoms with van der Waals surface area (Å²) in [5.41, 5.74) is -0.722. The van der Waals surface area contributed by atoms with E-state index in [9.17, 15) is 22.0 Å². The van der Waals surface area contributed by atoms with E-state index in [1.165, 1.54) is 12.1 Å². The van der Waals surface area contributed by atoms with Gasteiger partial charge in [-0.3, -0.25) is 0 Å². The van der Waals surface area contributed by atoms with Crippen LogP contribution < -0.4 is 0 Å². The molecule has 162 valence electrons. The Labute approximate surface area is 174 Å². The molecule has 0 aliphatic carbocycles. The summed E-state index contributed by atoms with van der Waals surface area (Å²) < 4.78 is 82.7. The monoisotopic (exact) mass is 437 g/mol. The molecule has 0 saturated carbocycles. The zero-order valence-corrected chi connectivity index (χ0v) is 16.3. The molecule has 0 bridgehead atoms. The molecular weight excluding hydrogens is 420 g/mol. The third-order valence-electron chi connectivity index (χ3n) is 5.46. The fraction of sp³-hybridized carbons (Fsp3) is 0.273. The van der Waals surface area contributed by atoms with Crippen molar-refractivity contribution in [2.75, 3.05) is 13.6 Å². The molecule has 2 heterocycles. The summed E-state index contributed by atoms with van der Waals surface area (Å²) in [7, 11) is 1.76. The summed E-state index contributed by atoms with van der Waals surface area (Å²) in [6.07, 6.45) is -4.28. The Balaban J connectivity index is 1.83. The minimum absolute atomic E-state index is 0.0250. The summed E-state index contributed by atoms with van der Waals surface area (Å²) >= 11 is 0. The molecule has 0 N–H and O–H groups in total. The van der Waals surface area contributed by atoms with Crippen LogP contribution in [0.15, 0.2) is 42.5 Å². The summed E-state index contributed by atoms with van der Waals surface area (Å²) in [6.45, 7) is 0.650. The first-order valence-electron chi connectivity index (χ1n) is 9.52. The molecule has 1 aliphatic heterocycles. The second-order valence-corrected chi connectivity index (χ2v) is 7.51. The van der Waals surface area contributed by atoms with Gasteiger partial charge >= 0.3 is 6.18 Å². The molecule has 1 aliphatic rings. The fourth-order valence-electron chi connectivity index (χ4n) is 3.95. The highest BCUT2D eigenvalue weighted by molar-refractivity contribution is 5.63. The van der Waals surface area contributed by atoms with E-state index in [0.717, 1.165) is 24.3 Å². The number of aromatic nitrogens is 2. The lowest BCUT2D eigenvalue weighted by Crippen LogP contribution is -2.18. The topological polar surface area (TPSA) is 29.0 Å². The van der Waals surface area contributed by atoms with Crippen molar-refractivity contribution in [1.29, 1.82) is 0 Å². The molecule has 0 spiro atoms. The van der Waals surface area contributed by atoms with Gasteiger partial charge in [0.15, 0.2) is 5.69 Å². The Morgan fingerprint density at radius 1 is 0.935 bits per heavy atom. The molecule has 0 amide bonds. The van der Waals surface area contributed by atoms with Crippen molar-refractivity contribution in [3.05, 3.63) is 82.3 Å². The predicted octanol–water partition coefficient (Wildman–Crippen LogP) is 5.55. The van der Waals surface area contributed by atoms with Gasteiger partial charge in [0.2, 0.25) is 0 Å². The maximum absolute atomic E-state index is 15.5. The van der Waals surface area contributed by atoms with Gasteiger partial charge in [0, 0.05) is 29.2 Å². The summed E-state index contributed by atoms with van der Waals surface area (Å²) in [5, 5.41) is 6.68. The van der Waals surface area contributed by atoms with Crippen LogP contribution >= 0.6 is 0 Å². The predicted molar refractivity (Wildman–Crippen MR) is 102 cm³/mol. The fourth-order valence-corrected chi connectivity index (χ4v) is 3.95. The van der Waals surface area contributed by atoms with Gasteiger partial charge in [0.25, 0.3) is 0 Å². The van der Waals surface area contributed by atoms with Crippen LogP contribution in [0.1, 0.15) is 34.7 Å². The molecule has 31 heavy (non-hydrogen) atoms. The molecule has 0 fully saturated rings. The molecule has 1 atom stereocenters. The Morgan fingerprint density at radius 2 is 1.65 bits per heavy atom. The zero-order valence-electron chi connectivity index (χ0n) is 16.3. The van der Waals surface area contributed by atoms with E-state index in [2.05, 4.69) is 10.2 Å². The quantitative estimate of drug-likeness (QED) is 0.493. The number of rotatable bonds is 2. The van der Waals surface area contributed by atoms with E-state index in [0.29, 0.717) is 18.5 Å². The molecule has 4 rings (SSSR count). The van der Waals surface area contributed by atoms with Gasteiger partial charge in [-0.05, 0) is 55.9 Å². The van der Waals surface area contributed by atoms with Crippen molar-refractivity contribution in [2.45, 2.75) is 25.1 Å². The van der Waals surface area contributed by atoms with Crippen LogP contribution in [0.4, 0.5) is 26.3 Å². The van der Waals surface area contributed by atoms with Gasteiger partial charge in [-0.1, -0.05) is 12.1 Å².